The highest BCUT2D eigenvalue weighted by Gasteiger charge is 2.15. The smallest absolute Gasteiger partial charge is 0.220 e. The Kier molecular flexibility index (Phi) is 4.90. The van der Waals surface area contributed by atoms with Crippen LogP contribution in [0.25, 0.3) is 11.3 Å². The fourth-order valence-electron chi connectivity index (χ4n) is 1.86. The number of aromatic nitrogens is 1. The maximum atomic E-state index is 11.6. The fraction of sp³-hybridized carbons (Fsp3) is 0.333. The first-order valence-electron chi connectivity index (χ1n) is 6.71. The lowest BCUT2D eigenvalue weighted by molar-refractivity contribution is -0.121. The van der Waals surface area contributed by atoms with E-state index >= 15 is 0 Å². The van der Waals surface area contributed by atoms with E-state index in [-0.39, 0.29) is 11.9 Å². The number of nitrogens with zero attached hydrogens (tertiary/aromatic N) is 1. The number of hydrogen-bond donors (Lipinski definition) is 2. The topological polar surface area (TPSA) is 81.2 Å². The Morgan fingerprint density at radius 1 is 1.40 bits per heavy atom. The highest BCUT2D eigenvalue weighted by atomic mass is 16.4. The third kappa shape index (κ3) is 3.68. The highest BCUT2D eigenvalue weighted by Crippen LogP contribution is 2.22. The summed E-state index contributed by atoms with van der Waals surface area (Å²) in [4.78, 5) is 15.8. The summed E-state index contributed by atoms with van der Waals surface area (Å²) in [5.41, 5.74) is 6.34. The summed E-state index contributed by atoms with van der Waals surface area (Å²) in [5.74, 6) is 1.16. The molecule has 106 valence electrons. The zero-order valence-electron chi connectivity index (χ0n) is 11.5. The van der Waals surface area contributed by atoms with E-state index < -0.39 is 0 Å². The molecule has 0 spiro atoms. The average Bonchev–Trinajstić information content (AvgIpc) is 2.96. The third-order valence-electron chi connectivity index (χ3n) is 2.94. The molecular formula is C15H19N3O2. The maximum Gasteiger partial charge on any atom is 0.220 e. The molecule has 0 saturated heterocycles. The number of carbonyl (C=O) groups is 1. The number of benzene rings is 1. The number of amides is 1. The monoisotopic (exact) mass is 273 g/mol. The molecule has 1 unspecified atom stereocenters. The Balaban J connectivity index is 2.00. The van der Waals surface area contributed by atoms with E-state index in [0.717, 1.165) is 5.56 Å². The molecule has 2 aromatic rings. The number of rotatable bonds is 6. The van der Waals surface area contributed by atoms with Gasteiger partial charge in [0.1, 0.15) is 6.04 Å². The molecule has 0 radical (unpaired) electrons. The Hall–Kier alpha value is -2.14. The van der Waals surface area contributed by atoms with Crippen LogP contribution in [0.15, 0.2) is 40.9 Å². The minimum Gasteiger partial charge on any atom is -0.438 e. The Morgan fingerprint density at radius 2 is 2.15 bits per heavy atom. The van der Waals surface area contributed by atoms with Crippen molar-refractivity contribution in [3.8, 4) is 11.3 Å². The molecule has 0 bridgehead atoms. The lowest BCUT2D eigenvalue weighted by Gasteiger charge is -2.09. The zero-order valence-corrected chi connectivity index (χ0v) is 11.5. The summed E-state index contributed by atoms with van der Waals surface area (Å²) >= 11 is 0. The number of nitrogens with two attached hydrogens (primary N) is 1. The predicted octanol–water partition coefficient (Wildman–Crippen LogP) is 2.26. The molecule has 1 aromatic heterocycles. The van der Waals surface area contributed by atoms with Gasteiger partial charge in [-0.1, -0.05) is 30.3 Å². The van der Waals surface area contributed by atoms with Crippen molar-refractivity contribution in [1.29, 1.82) is 0 Å². The van der Waals surface area contributed by atoms with E-state index in [1.165, 1.54) is 0 Å². The van der Waals surface area contributed by atoms with Gasteiger partial charge in [0.25, 0.3) is 0 Å². The van der Waals surface area contributed by atoms with Crippen LogP contribution in [0.1, 0.15) is 31.7 Å². The third-order valence-corrected chi connectivity index (χ3v) is 2.94. The van der Waals surface area contributed by atoms with Gasteiger partial charge in [-0.25, -0.2) is 4.98 Å². The first-order valence-corrected chi connectivity index (χ1v) is 6.71. The number of hydrogen-bond acceptors (Lipinski definition) is 4. The van der Waals surface area contributed by atoms with E-state index in [1.807, 2.05) is 37.3 Å². The Morgan fingerprint density at radius 3 is 2.85 bits per heavy atom. The van der Waals surface area contributed by atoms with Gasteiger partial charge in [-0.05, 0) is 19.9 Å². The normalized spacial score (nSPS) is 12.1. The average molecular weight is 273 g/mol. The molecule has 5 nitrogen and oxygen atoms in total. The summed E-state index contributed by atoms with van der Waals surface area (Å²) in [6, 6.07) is 9.48. The highest BCUT2D eigenvalue weighted by molar-refractivity contribution is 5.76. The second-order valence-electron chi connectivity index (χ2n) is 4.61. The van der Waals surface area contributed by atoms with Crippen molar-refractivity contribution in [3.63, 3.8) is 0 Å². The number of carbonyl (C=O) groups excluding carboxylic acids is 1. The van der Waals surface area contributed by atoms with Gasteiger partial charge in [-0.3, -0.25) is 4.79 Å². The molecule has 1 heterocycles. The van der Waals surface area contributed by atoms with E-state index in [2.05, 4.69) is 10.3 Å². The van der Waals surface area contributed by atoms with Gasteiger partial charge in [-0.2, -0.15) is 0 Å². The molecule has 0 fully saturated rings. The summed E-state index contributed by atoms with van der Waals surface area (Å²) in [6.07, 6.45) is 2.78. The molecule has 1 amide bonds. The van der Waals surface area contributed by atoms with Crippen LogP contribution in [-0.2, 0) is 4.79 Å². The largest absolute Gasteiger partial charge is 0.438 e. The van der Waals surface area contributed by atoms with Gasteiger partial charge in [0.15, 0.2) is 5.76 Å². The van der Waals surface area contributed by atoms with Gasteiger partial charge in [0.05, 0.1) is 6.20 Å². The quantitative estimate of drug-likeness (QED) is 0.846. The van der Waals surface area contributed by atoms with Crippen molar-refractivity contribution < 1.29 is 9.21 Å². The van der Waals surface area contributed by atoms with Crippen molar-refractivity contribution in [1.82, 2.24) is 10.3 Å². The lowest BCUT2D eigenvalue weighted by Crippen LogP contribution is -2.27. The van der Waals surface area contributed by atoms with Crippen molar-refractivity contribution in [2.24, 2.45) is 5.73 Å². The molecule has 0 aliphatic rings. The summed E-state index contributed by atoms with van der Waals surface area (Å²) < 4.78 is 5.69. The molecule has 2 rings (SSSR count). The van der Waals surface area contributed by atoms with E-state index in [9.17, 15) is 4.79 Å². The van der Waals surface area contributed by atoms with Crippen LogP contribution in [0.2, 0.25) is 0 Å². The molecule has 20 heavy (non-hydrogen) atoms. The fourth-order valence-corrected chi connectivity index (χ4v) is 1.86. The van der Waals surface area contributed by atoms with Crippen LogP contribution in [0.3, 0.4) is 0 Å². The van der Waals surface area contributed by atoms with Gasteiger partial charge < -0.3 is 15.5 Å². The van der Waals surface area contributed by atoms with Crippen LogP contribution in [0, 0.1) is 0 Å². The van der Waals surface area contributed by atoms with Gasteiger partial charge >= 0.3 is 0 Å². The van der Waals surface area contributed by atoms with Gasteiger partial charge in [-0.15, -0.1) is 0 Å². The minimum absolute atomic E-state index is 0.0394. The Labute approximate surface area is 118 Å². The van der Waals surface area contributed by atoms with Crippen LogP contribution >= 0.6 is 0 Å². The first-order chi connectivity index (χ1) is 9.70. The van der Waals surface area contributed by atoms with Crippen molar-refractivity contribution in [2.45, 2.75) is 25.8 Å². The predicted molar refractivity (Wildman–Crippen MR) is 76.8 cm³/mol. The molecule has 0 aliphatic heterocycles. The number of oxazole rings is 1. The minimum atomic E-state index is -0.252. The second-order valence-corrected chi connectivity index (χ2v) is 4.61. The van der Waals surface area contributed by atoms with Crippen molar-refractivity contribution >= 4 is 5.91 Å². The van der Waals surface area contributed by atoms with Crippen molar-refractivity contribution in [3.05, 3.63) is 42.4 Å². The molecule has 1 atom stereocenters. The summed E-state index contributed by atoms with van der Waals surface area (Å²) in [7, 11) is 0. The van der Waals surface area contributed by atoms with E-state index in [4.69, 9.17) is 10.2 Å². The Bertz CT molecular complexity index is 551. The zero-order chi connectivity index (χ0) is 14.4. The number of nitrogens with one attached hydrogen (secondary N) is 1. The van der Waals surface area contributed by atoms with E-state index in [0.29, 0.717) is 31.0 Å². The molecular weight excluding hydrogens is 254 g/mol. The standard InChI is InChI=1S/C15H19N3O2/c1-11(18-14(19)8-5-9-16)15-17-10-13(20-15)12-6-3-2-4-7-12/h2-4,6-7,10-11H,5,8-9,16H2,1H3,(H,18,19). The van der Waals surface area contributed by atoms with Crippen LogP contribution in [0.5, 0.6) is 0 Å². The summed E-state index contributed by atoms with van der Waals surface area (Å²) in [5, 5.41) is 2.85. The molecule has 3 N–H and O–H groups in total. The SMILES string of the molecule is CC(NC(=O)CCCN)c1ncc(-c2ccccc2)o1. The lowest BCUT2D eigenvalue weighted by atomic mass is 10.2. The molecule has 5 heteroatoms. The maximum absolute atomic E-state index is 11.6. The molecule has 1 aromatic carbocycles. The van der Waals surface area contributed by atoms with Gasteiger partial charge in [0, 0.05) is 12.0 Å². The van der Waals surface area contributed by atoms with Crippen LogP contribution in [-0.4, -0.2) is 17.4 Å². The first kappa shape index (κ1) is 14.3. The second kappa shape index (κ2) is 6.86. The van der Waals surface area contributed by atoms with Gasteiger partial charge in [0.2, 0.25) is 11.8 Å². The summed E-state index contributed by atoms with van der Waals surface area (Å²) in [6.45, 7) is 2.36. The molecule has 0 aliphatic carbocycles. The van der Waals surface area contributed by atoms with Crippen LogP contribution in [0.4, 0.5) is 0 Å². The molecule has 0 saturated carbocycles. The van der Waals surface area contributed by atoms with Crippen molar-refractivity contribution in [2.75, 3.05) is 6.54 Å². The van der Waals surface area contributed by atoms with E-state index in [1.54, 1.807) is 6.20 Å². The van der Waals surface area contributed by atoms with Crippen LogP contribution < -0.4 is 11.1 Å².